The third-order valence-corrected chi connectivity index (χ3v) is 4.11. The van der Waals surface area contributed by atoms with Gasteiger partial charge < -0.3 is 13.7 Å². The Morgan fingerprint density at radius 1 is 1.43 bits per heavy atom. The summed E-state index contributed by atoms with van der Waals surface area (Å²) in [6.45, 7) is 2.17. The van der Waals surface area contributed by atoms with E-state index in [4.69, 9.17) is 13.7 Å². The molecule has 10 heteroatoms. The second kappa shape index (κ2) is 5.31. The smallest absolute Gasteiger partial charge is 0.361 e. The standard InChI is InChI=1S/C13H16N2O7S/c1-3-20-11(17)8-9(22-23(2,18)19)10(16)15-6-7-21-13(4-5-13)12(15)14-8/h3-7H2,1-2H3. The minimum absolute atomic E-state index is 0.0545. The van der Waals surface area contributed by atoms with E-state index >= 15 is 0 Å². The molecule has 1 saturated carbocycles. The monoisotopic (exact) mass is 344 g/mol. The molecule has 0 amide bonds. The molecule has 1 aromatic rings. The van der Waals surface area contributed by atoms with Crippen molar-refractivity contribution in [2.45, 2.75) is 31.9 Å². The second-order valence-electron chi connectivity index (χ2n) is 5.42. The Balaban J connectivity index is 2.21. The van der Waals surface area contributed by atoms with Crippen LogP contribution in [-0.4, -0.2) is 43.4 Å². The molecule has 0 unspecified atom stereocenters. The summed E-state index contributed by atoms with van der Waals surface area (Å²) in [6.07, 6.45) is 2.17. The molecule has 3 rings (SSSR count). The van der Waals surface area contributed by atoms with Gasteiger partial charge in [-0.3, -0.25) is 9.36 Å². The fraction of sp³-hybridized carbons (Fsp3) is 0.615. The zero-order valence-corrected chi connectivity index (χ0v) is 13.5. The number of nitrogens with zero attached hydrogens (tertiary/aromatic N) is 2. The topological polar surface area (TPSA) is 114 Å². The summed E-state index contributed by atoms with van der Waals surface area (Å²) in [4.78, 5) is 28.8. The molecule has 0 radical (unpaired) electrons. The van der Waals surface area contributed by atoms with Gasteiger partial charge >= 0.3 is 16.1 Å². The van der Waals surface area contributed by atoms with Crippen LogP contribution in [0.25, 0.3) is 0 Å². The van der Waals surface area contributed by atoms with E-state index < -0.39 is 38.7 Å². The summed E-state index contributed by atoms with van der Waals surface area (Å²) < 4.78 is 39.4. The third-order valence-electron chi connectivity index (χ3n) is 3.64. The van der Waals surface area contributed by atoms with Crippen LogP contribution in [0.3, 0.4) is 0 Å². The Morgan fingerprint density at radius 3 is 2.70 bits per heavy atom. The van der Waals surface area contributed by atoms with Gasteiger partial charge in [-0.05, 0) is 19.8 Å². The van der Waals surface area contributed by atoms with Gasteiger partial charge in [0.15, 0.2) is 5.69 Å². The van der Waals surface area contributed by atoms with Crippen LogP contribution >= 0.6 is 0 Å². The maximum atomic E-state index is 12.6. The van der Waals surface area contributed by atoms with Crippen molar-refractivity contribution in [2.75, 3.05) is 19.5 Å². The normalized spacial score (nSPS) is 18.3. The quantitative estimate of drug-likeness (QED) is 0.544. The van der Waals surface area contributed by atoms with Crippen LogP contribution in [0.15, 0.2) is 4.79 Å². The number of aromatic nitrogens is 2. The highest BCUT2D eigenvalue weighted by Crippen LogP contribution is 2.49. The van der Waals surface area contributed by atoms with Gasteiger partial charge in [0.25, 0.3) is 5.56 Å². The predicted octanol–water partition coefficient (Wildman–Crippen LogP) is -0.222. The molecule has 1 fully saturated rings. The third kappa shape index (κ3) is 2.83. The zero-order chi connectivity index (χ0) is 16.8. The van der Waals surface area contributed by atoms with Crippen molar-refractivity contribution in [3.63, 3.8) is 0 Å². The number of hydrogen-bond acceptors (Lipinski definition) is 8. The van der Waals surface area contributed by atoms with Crippen molar-refractivity contribution < 1.29 is 26.9 Å². The molecule has 23 heavy (non-hydrogen) atoms. The molecule has 2 aliphatic rings. The predicted molar refractivity (Wildman–Crippen MR) is 76.8 cm³/mol. The molecule has 0 atom stereocenters. The molecule has 0 saturated heterocycles. The SMILES string of the molecule is CCOC(=O)c1nc2n(c(=O)c1OS(C)(=O)=O)CCOC21CC1. The van der Waals surface area contributed by atoms with Crippen LogP contribution < -0.4 is 9.74 Å². The molecule has 1 aliphatic heterocycles. The lowest BCUT2D eigenvalue weighted by Crippen LogP contribution is -2.39. The summed E-state index contributed by atoms with van der Waals surface area (Å²) in [6, 6.07) is 0. The molecule has 9 nitrogen and oxygen atoms in total. The Morgan fingerprint density at radius 2 is 2.13 bits per heavy atom. The lowest BCUT2D eigenvalue weighted by Gasteiger charge is -2.27. The van der Waals surface area contributed by atoms with Crippen LogP contribution in [0.5, 0.6) is 5.75 Å². The number of carbonyl (C=O) groups excluding carboxylic acids is 1. The lowest BCUT2D eigenvalue weighted by molar-refractivity contribution is -0.00848. The van der Waals surface area contributed by atoms with Gasteiger partial charge in [-0.15, -0.1) is 0 Å². The minimum Gasteiger partial charge on any atom is -0.461 e. The highest BCUT2D eigenvalue weighted by atomic mass is 32.2. The first kappa shape index (κ1) is 15.9. The first-order valence-electron chi connectivity index (χ1n) is 7.13. The fourth-order valence-electron chi connectivity index (χ4n) is 2.53. The maximum absolute atomic E-state index is 12.6. The molecule has 1 aliphatic carbocycles. The Bertz CT molecular complexity index is 823. The van der Waals surface area contributed by atoms with E-state index in [1.165, 1.54) is 4.57 Å². The van der Waals surface area contributed by atoms with E-state index in [1.54, 1.807) is 6.92 Å². The van der Waals surface area contributed by atoms with E-state index in [-0.39, 0.29) is 13.2 Å². The summed E-state index contributed by atoms with van der Waals surface area (Å²) in [5.41, 5.74) is -1.83. The van der Waals surface area contributed by atoms with Gasteiger partial charge in [0.1, 0.15) is 11.4 Å². The summed E-state index contributed by atoms with van der Waals surface area (Å²) >= 11 is 0. The molecule has 0 N–H and O–H groups in total. The Hall–Kier alpha value is -1.94. The number of ether oxygens (including phenoxy) is 2. The van der Waals surface area contributed by atoms with Crippen molar-refractivity contribution in [2.24, 2.45) is 0 Å². The first-order valence-corrected chi connectivity index (χ1v) is 8.95. The molecule has 0 aromatic carbocycles. The fourth-order valence-corrected chi connectivity index (χ4v) is 2.99. The van der Waals surface area contributed by atoms with Crippen molar-refractivity contribution in [3.05, 3.63) is 21.9 Å². The van der Waals surface area contributed by atoms with Crippen LogP contribution in [0.2, 0.25) is 0 Å². The van der Waals surface area contributed by atoms with Crippen molar-refractivity contribution in [3.8, 4) is 5.75 Å². The maximum Gasteiger partial charge on any atom is 0.361 e. The van der Waals surface area contributed by atoms with E-state index in [0.717, 1.165) is 6.26 Å². The number of hydrogen-bond donors (Lipinski definition) is 0. The Labute approximate surface area is 132 Å². The van der Waals surface area contributed by atoms with Gasteiger partial charge in [0.05, 0.1) is 26.0 Å². The number of rotatable bonds is 4. The van der Waals surface area contributed by atoms with Crippen molar-refractivity contribution >= 4 is 16.1 Å². The van der Waals surface area contributed by atoms with E-state index in [1.807, 2.05) is 0 Å². The largest absolute Gasteiger partial charge is 0.461 e. The molecule has 2 heterocycles. The Kier molecular flexibility index (Phi) is 3.68. The van der Waals surface area contributed by atoms with Crippen molar-refractivity contribution in [1.29, 1.82) is 0 Å². The zero-order valence-electron chi connectivity index (χ0n) is 12.7. The lowest BCUT2D eigenvalue weighted by atomic mass is 10.2. The first-order chi connectivity index (χ1) is 10.8. The molecule has 126 valence electrons. The average molecular weight is 344 g/mol. The summed E-state index contributed by atoms with van der Waals surface area (Å²) in [5, 5.41) is 0. The molecule has 0 bridgehead atoms. The highest BCUT2D eigenvalue weighted by Gasteiger charge is 2.52. The minimum atomic E-state index is -4.00. The number of fused-ring (bicyclic) bond motifs is 2. The highest BCUT2D eigenvalue weighted by molar-refractivity contribution is 7.86. The van der Waals surface area contributed by atoms with Crippen LogP contribution in [0.1, 0.15) is 36.1 Å². The van der Waals surface area contributed by atoms with Crippen LogP contribution in [0, 0.1) is 0 Å². The van der Waals surface area contributed by atoms with Crippen molar-refractivity contribution in [1.82, 2.24) is 9.55 Å². The van der Waals surface area contributed by atoms with Crippen LogP contribution in [0.4, 0.5) is 0 Å². The number of esters is 1. The second-order valence-corrected chi connectivity index (χ2v) is 7.00. The van der Waals surface area contributed by atoms with E-state index in [9.17, 15) is 18.0 Å². The van der Waals surface area contributed by atoms with E-state index in [2.05, 4.69) is 4.98 Å². The molecule has 1 spiro atoms. The molecular weight excluding hydrogens is 328 g/mol. The average Bonchev–Trinajstić information content (AvgIpc) is 3.22. The molecule has 1 aromatic heterocycles. The molecular formula is C13H16N2O7S. The van der Waals surface area contributed by atoms with Gasteiger partial charge in [-0.1, -0.05) is 0 Å². The summed E-state index contributed by atoms with van der Waals surface area (Å²) in [7, 11) is -4.00. The van der Waals surface area contributed by atoms with Gasteiger partial charge in [-0.25, -0.2) is 9.78 Å². The van der Waals surface area contributed by atoms with Crippen LogP contribution in [-0.2, 0) is 31.7 Å². The summed E-state index contributed by atoms with van der Waals surface area (Å²) in [5.74, 6) is -1.22. The van der Waals surface area contributed by atoms with Gasteiger partial charge in [-0.2, -0.15) is 8.42 Å². The number of carbonyl (C=O) groups is 1. The van der Waals surface area contributed by atoms with Gasteiger partial charge in [0.2, 0.25) is 5.75 Å². The van der Waals surface area contributed by atoms with E-state index in [0.29, 0.717) is 25.3 Å². The van der Waals surface area contributed by atoms with Gasteiger partial charge in [0, 0.05) is 0 Å².